The van der Waals surface area contributed by atoms with Gasteiger partial charge in [0.15, 0.2) is 0 Å². The summed E-state index contributed by atoms with van der Waals surface area (Å²) in [4.78, 5) is 4.60. The standard InChI is InChI=1S/C11H18N2O2S/c1-14-4-3-9(12)10-7-16-11(13-10)8-2-5-15-6-8/h7-9H,2-6,12H2,1H3. The quantitative estimate of drug-likeness (QED) is 0.853. The van der Waals surface area contributed by atoms with Crippen LogP contribution >= 0.6 is 11.3 Å². The molecule has 2 heterocycles. The van der Waals surface area contributed by atoms with Crippen molar-refractivity contribution >= 4 is 11.3 Å². The Morgan fingerprint density at radius 3 is 3.31 bits per heavy atom. The van der Waals surface area contributed by atoms with Gasteiger partial charge in [-0.25, -0.2) is 4.98 Å². The van der Waals surface area contributed by atoms with Crippen LogP contribution in [0.25, 0.3) is 0 Å². The zero-order valence-electron chi connectivity index (χ0n) is 9.52. The van der Waals surface area contributed by atoms with E-state index in [9.17, 15) is 0 Å². The van der Waals surface area contributed by atoms with Crippen molar-refractivity contribution < 1.29 is 9.47 Å². The molecule has 0 aliphatic carbocycles. The van der Waals surface area contributed by atoms with Gasteiger partial charge in [-0.2, -0.15) is 0 Å². The average Bonchev–Trinajstić information content (AvgIpc) is 2.94. The summed E-state index contributed by atoms with van der Waals surface area (Å²) >= 11 is 1.70. The second kappa shape index (κ2) is 5.72. The molecule has 1 saturated heterocycles. The van der Waals surface area contributed by atoms with Gasteiger partial charge >= 0.3 is 0 Å². The summed E-state index contributed by atoms with van der Waals surface area (Å²) in [5.74, 6) is 0.480. The Kier molecular flexibility index (Phi) is 4.29. The lowest BCUT2D eigenvalue weighted by Crippen LogP contribution is -2.13. The molecule has 1 fully saturated rings. The van der Waals surface area contributed by atoms with Crippen LogP contribution in [-0.2, 0) is 9.47 Å². The van der Waals surface area contributed by atoms with E-state index in [1.807, 2.05) is 0 Å². The summed E-state index contributed by atoms with van der Waals surface area (Å²) in [5, 5.41) is 3.23. The first-order chi connectivity index (χ1) is 7.81. The Bertz CT molecular complexity index is 324. The molecule has 0 amide bonds. The lowest BCUT2D eigenvalue weighted by Gasteiger charge is -2.07. The first-order valence-electron chi connectivity index (χ1n) is 5.59. The van der Waals surface area contributed by atoms with Crippen LogP contribution in [0.15, 0.2) is 5.38 Å². The first-order valence-corrected chi connectivity index (χ1v) is 6.47. The summed E-state index contributed by atoms with van der Waals surface area (Å²) in [6, 6.07) is -0.00716. The highest BCUT2D eigenvalue weighted by atomic mass is 32.1. The summed E-state index contributed by atoms with van der Waals surface area (Å²) in [6.45, 7) is 2.34. The van der Waals surface area contributed by atoms with Gasteiger partial charge in [-0.3, -0.25) is 0 Å². The highest BCUT2D eigenvalue weighted by Gasteiger charge is 2.21. The van der Waals surface area contributed by atoms with E-state index in [1.165, 1.54) is 5.01 Å². The van der Waals surface area contributed by atoms with Crippen LogP contribution in [-0.4, -0.2) is 31.9 Å². The number of nitrogens with two attached hydrogens (primary N) is 1. The van der Waals surface area contributed by atoms with E-state index < -0.39 is 0 Å². The Balaban J connectivity index is 1.95. The first kappa shape index (κ1) is 12.0. The lowest BCUT2D eigenvalue weighted by atomic mass is 10.1. The van der Waals surface area contributed by atoms with Crippen molar-refractivity contribution in [2.45, 2.75) is 24.8 Å². The molecule has 1 aliphatic rings. The molecule has 0 radical (unpaired) electrons. The van der Waals surface area contributed by atoms with Gasteiger partial charge in [-0.15, -0.1) is 11.3 Å². The van der Waals surface area contributed by atoms with Gasteiger partial charge in [-0.05, 0) is 12.8 Å². The van der Waals surface area contributed by atoms with Crippen LogP contribution in [0.5, 0.6) is 0 Å². The topological polar surface area (TPSA) is 57.4 Å². The van der Waals surface area contributed by atoms with Gasteiger partial charge in [0.1, 0.15) is 0 Å². The maximum absolute atomic E-state index is 6.03. The molecule has 0 aromatic carbocycles. The van der Waals surface area contributed by atoms with Crippen molar-refractivity contribution in [2.75, 3.05) is 26.9 Å². The van der Waals surface area contributed by atoms with Crippen molar-refractivity contribution in [1.29, 1.82) is 0 Å². The Morgan fingerprint density at radius 2 is 2.62 bits per heavy atom. The Hall–Kier alpha value is -0.490. The smallest absolute Gasteiger partial charge is 0.0983 e. The molecule has 90 valence electrons. The summed E-state index contributed by atoms with van der Waals surface area (Å²) in [7, 11) is 1.69. The van der Waals surface area contributed by atoms with Crippen molar-refractivity contribution in [1.82, 2.24) is 4.98 Å². The van der Waals surface area contributed by atoms with Crippen molar-refractivity contribution in [3.63, 3.8) is 0 Å². The van der Waals surface area contributed by atoms with Crippen LogP contribution in [0.2, 0.25) is 0 Å². The third kappa shape index (κ3) is 2.79. The number of hydrogen-bond donors (Lipinski definition) is 1. The lowest BCUT2D eigenvalue weighted by molar-refractivity contribution is 0.187. The zero-order valence-corrected chi connectivity index (χ0v) is 10.3. The molecular formula is C11H18N2O2S. The SMILES string of the molecule is COCCC(N)c1csc(C2CCOC2)n1. The number of nitrogens with zero attached hydrogens (tertiary/aromatic N) is 1. The Labute approximate surface area is 99.8 Å². The maximum atomic E-state index is 6.03. The maximum Gasteiger partial charge on any atom is 0.0983 e. The van der Waals surface area contributed by atoms with Crippen LogP contribution in [0.1, 0.15) is 35.5 Å². The average molecular weight is 242 g/mol. The highest BCUT2D eigenvalue weighted by molar-refractivity contribution is 7.09. The number of methoxy groups -OCH3 is 1. The van der Waals surface area contributed by atoms with Crippen molar-refractivity contribution in [3.05, 3.63) is 16.1 Å². The molecule has 2 atom stereocenters. The number of ether oxygens (including phenoxy) is 2. The largest absolute Gasteiger partial charge is 0.385 e. The van der Waals surface area contributed by atoms with Crippen molar-refractivity contribution in [3.8, 4) is 0 Å². The van der Waals surface area contributed by atoms with E-state index in [-0.39, 0.29) is 6.04 Å². The molecule has 2 unspecified atom stereocenters. The molecule has 1 aromatic heterocycles. The second-order valence-electron chi connectivity index (χ2n) is 4.06. The molecule has 0 saturated carbocycles. The van der Waals surface area contributed by atoms with Gasteiger partial charge in [0.2, 0.25) is 0 Å². The van der Waals surface area contributed by atoms with Gasteiger partial charge in [0.05, 0.1) is 23.4 Å². The predicted molar refractivity (Wildman–Crippen MR) is 63.7 cm³/mol. The van der Waals surface area contributed by atoms with Crippen molar-refractivity contribution in [2.24, 2.45) is 5.73 Å². The Morgan fingerprint density at radius 1 is 1.75 bits per heavy atom. The molecule has 0 spiro atoms. The monoisotopic (exact) mass is 242 g/mol. The summed E-state index contributed by atoms with van der Waals surface area (Å²) in [5.41, 5.74) is 7.02. The predicted octanol–water partition coefficient (Wildman–Crippen LogP) is 1.68. The third-order valence-corrected chi connectivity index (χ3v) is 3.86. The summed E-state index contributed by atoms with van der Waals surface area (Å²) < 4.78 is 10.4. The molecule has 16 heavy (non-hydrogen) atoms. The molecule has 1 aromatic rings. The molecule has 2 rings (SSSR count). The van der Waals surface area contributed by atoms with E-state index in [1.54, 1.807) is 18.4 Å². The molecule has 0 bridgehead atoms. The van der Waals surface area contributed by atoms with Gasteiger partial charge in [0, 0.05) is 31.6 Å². The van der Waals surface area contributed by atoms with E-state index in [2.05, 4.69) is 10.4 Å². The fraction of sp³-hybridized carbons (Fsp3) is 0.727. The van der Waals surface area contributed by atoms with Crippen LogP contribution in [0.3, 0.4) is 0 Å². The number of thiazole rings is 1. The van der Waals surface area contributed by atoms with Crippen LogP contribution in [0.4, 0.5) is 0 Å². The van der Waals surface area contributed by atoms with E-state index in [4.69, 9.17) is 15.2 Å². The van der Waals surface area contributed by atoms with Crippen LogP contribution < -0.4 is 5.73 Å². The molecule has 4 nitrogen and oxygen atoms in total. The van der Waals surface area contributed by atoms with E-state index >= 15 is 0 Å². The van der Waals surface area contributed by atoms with Gasteiger partial charge in [0.25, 0.3) is 0 Å². The fourth-order valence-electron chi connectivity index (χ4n) is 1.78. The molecule has 2 N–H and O–H groups in total. The van der Waals surface area contributed by atoms with Crippen LogP contribution in [0, 0.1) is 0 Å². The minimum Gasteiger partial charge on any atom is -0.385 e. The normalized spacial score (nSPS) is 22.5. The zero-order chi connectivity index (χ0) is 11.4. The molecule has 5 heteroatoms. The van der Waals surface area contributed by atoms with Gasteiger partial charge in [-0.1, -0.05) is 0 Å². The van der Waals surface area contributed by atoms with Gasteiger partial charge < -0.3 is 15.2 Å². The van der Waals surface area contributed by atoms with E-state index in [0.717, 1.165) is 31.7 Å². The third-order valence-electron chi connectivity index (χ3n) is 2.83. The minimum atomic E-state index is -0.00716. The number of rotatable bonds is 5. The molecular weight excluding hydrogens is 224 g/mol. The fourth-order valence-corrected chi connectivity index (χ4v) is 2.79. The van der Waals surface area contributed by atoms with E-state index in [0.29, 0.717) is 12.5 Å². The molecule has 1 aliphatic heterocycles. The summed E-state index contributed by atoms with van der Waals surface area (Å²) in [6.07, 6.45) is 1.90. The minimum absolute atomic E-state index is 0.00716. The second-order valence-corrected chi connectivity index (χ2v) is 4.95. The highest BCUT2D eigenvalue weighted by Crippen LogP contribution is 2.29. The number of aromatic nitrogens is 1. The number of hydrogen-bond acceptors (Lipinski definition) is 5.